The quantitative estimate of drug-likeness (QED) is 0.713. The van der Waals surface area contributed by atoms with Crippen molar-refractivity contribution in [3.63, 3.8) is 0 Å². The van der Waals surface area contributed by atoms with Gasteiger partial charge in [-0.15, -0.1) is 0 Å². The molecule has 2 aromatic rings. The summed E-state index contributed by atoms with van der Waals surface area (Å²) in [5.74, 6) is -0.0737. The molecule has 2 aromatic carbocycles. The summed E-state index contributed by atoms with van der Waals surface area (Å²) in [6.45, 7) is 5.35. The number of carbonyl (C=O) groups excluding carboxylic acids is 1. The van der Waals surface area contributed by atoms with Crippen molar-refractivity contribution in [1.82, 2.24) is 9.62 Å². The summed E-state index contributed by atoms with van der Waals surface area (Å²) in [7, 11) is -3.63. The highest BCUT2D eigenvalue weighted by Crippen LogP contribution is 2.32. The molecule has 0 radical (unpaired) electrons. The molecule has 4 rings (SSSR count). The molecule has 2 saturated heterocycles. The number of sulfonamides is 1. The normalized spacial score (nSPS) is 18.3. The van der Waals surface area contributed by atoms with E-state index in [0.717, 1.165) is 50.0 Å². The molecule has 0 bridgehead atoms. The molecule has 2 aliphatic rings. The third-order valence-corrected chi connectivity index (χ3v) is 8.22. The number of hydrogen-bond acceptors (Lipinski definition) is 4. The van der Waals surface area contributed by atoms with Gasteiger partial charge in [0.2, 0.25) is 10.0 Å². The molecule has 2 heterocycles. The first kappa shape index (κ1) is 21.8. The van der Waals surface area contributed by atoms with Crippen molar-refractivity contribution in [3.8, 4) is 0 Å². The Hall–Kier alpha value is -2.38. The Morgan fingerprint density at radius 1 is 0.968 bits per heavy atom. The summed E-state index contributed by atoms with van der Waals surface area (Å²) in [5, 5.41) is 2.97. The smallest absolute Gasteiger partial charge is 0.251 e. The van der Waals surface area contributed by atoms with Crippen molar-refractivity contribution < 1.29 is 13.2 Å². The van der Waals surface area contributed by atoms with Gasteiger partial charge < -0.3 is 10.2 Å². The van der Waals surface area contributed by atoms with Crippen molar-refractivity contribution in [2.24, 2.45) is 0 Å². The van der Waals surface area contributed by atoms with Crippen LogP contribution in [-0.4, -0.2) is 51.4 Å². The summed E-state index contributed by atoms with van der Waals surface area (Å²) in [5.41, 5.74) is 2.27. The van der Waals surface area contributed by atoms with E-state index in [0.29, 0.717) is 25.2 Å². The van der Waals surface area contributed by atoms with Crippen LogP contribution in [0.3, 0.4) is 0 Å². The molecule has 1 N–H and O–H groups in total. The third kappa shape index (κ3) is 4.77. The lowest BCUT2D eigenvalue weighted by atomic mass is 10.0. The fourth-order valence-corrected chi connectivity index (χ4v) is 6.15. The van der Waals surface area contributed by atoms with E-state index in [-0.39, 0.29) is 16.7 Å². The van der Waals surface area contributed by atoms with Crippen LogP contribution >= 0.6 is 0 Å². The Labute approximate surface area is 185 Å². The third-order valence-electron chi connectivity index (χ3n) is 6.29. The number of benzene rings is 2. The molecule has 166 valence electrons. The van der Waals surface area contributed by atoms with Gasteiger partial charge in [0.1, 0.15) is 4.90 Å². The highest BCUT2D eigenvalue weighted by molar-refractivity contribution is 7.89. The van der Waals surface area contributed by atoms with Crippen LogP contribution in [0.1, 0.15) is 54.4 Å². The predicted octanol–water partition coefficient (Wildman–Crippen LogP) is 3.60. The van der Waals surface area contributed by atoms with Gasteiger partial charge in [-0.2, -0.15) is 4.31 Å². The molecule has 7 heteroatoms. The van der Waals surface area contributed by atoms with Crippen molar-refractivity contribution in [1.29, 1.82) is 0 Å². The topological polar surface area (TPSA) is 69.7 Å². The van der Waals surface area contributed by atoms with E-state index in [4.69, 9.17) is 0 Å². The van der Waals surface area contributed by atoms with Crippen LogP contribution in [-0.2, 0) is 10.0 Å². The first-order chi connectivity index (χ1) is 15.0. The van der Waals surface area contributed by atoms with Crippen LogP contribution in [0.2, 0.25) is 0 Å². The van der Waals surface area contributed by atoms with Gasteiger partial charge in [-0.05, 0) is 55.4 Å². The molecular weight excluding hydrogens is 410 g/mol. The molecule has 2 fully saturated rings. The Balaban J connectivity index is 1.57. The predicted molar refractivity (Wildman–Crippen MR) is 123 cm³/mol. The summed E-state index contributed by atoms with van der Waals surface area (Å²) in [4.78, 5) is 15.3. The minimum Gasteiger partial charge on any atom is -0.370 e. The van der Waals surface area contributed by atoms with E-state index in [1.165, 1.54) is 0 Å². The molecule has 2 aliphatic heterocycles. The zero-order chi connectivity index (χ0) is 21.8. The van der Waals surface area contributed by atoms with Crippen LogP contribution in [0.5, 0.6) is 0 Å². The van der Waals surface area contributed by atoms with E-state index in [1.807, 2.05) is 36.4 Å². The van der Waals surface area contributed by atoms with E-state index in [9.17, 15) is 13.2 Å². The largest absolute Gasteiger partial charge is 0.370 e. The number of rotatable bonds is 7. The number of nitrogens with one attached hydrogen (secondary N) is 1. The minimum absolute atomic E-state index is 0.168. The van der Waals surface area contributed by atoms with Crippen LogP contribution in [0.4, 0.5) is 5.69 Å². The molecule has 1 atom stereocenters. The summed E-state index contributed by atoms with van der Waals surface area (Å²) >= 11 is 0. The summed E-state index contributed by atoms with van der Waals surface area (Å²) in [6, 6.07) is 15.2. The first-order valence-electron chi connectivity index (χ1n) is 11.2. The van der Waals surface area contributed by atoms with Gasteiger partial charge in [-0.3, -0.25) is 4.79 Å². The second-order valence-corrected chi connectivity index (χ2v) is 10.4. The van der Waals surface area contributed by atoms with Gasteiger partial charge in [-0.1, -0.05) is 37.3 Å². The van der Waals surface area contributed by atoms with E-state index < -0.39 is 10.0 Å². The van der Waals surface area contributed by atoms with Crippen LogP contribution in [0.15, 0.2) is 53.4 Å². The molecule has 0 unspecified atom stereocenters. The lowest BCUT2D eigenvalue weighted by Crippen LogP contribution is -2.31. The molecule has 1 amide bonds. The summed E-state index contributed by atoms with van der Waals surface area (Å²) in [6.07, 6.45) is 3.89. The second-order valence-electron chi connectivity index (χ2n) is 8.51. The zero-order valence-corrected chi connectivity index (χ0v) is 18.9. The Kier molecular flexibility index (Phi) is 6.62. The maximum atomic E-state index is 13.4. The number of hydrogen-bond donors (Lipinski definition) is 1. The van der Waals surface area contributed by atoms with Gasteiger partial charge in [0.05, 0.1) is 5.69 Å². The number of anilines is 1. The van der Waals surface area contributed by atoms with Crippen molar-refractivity contribution in [2.45, 2.75) is 43.4 Å². The van der Waals surface area contributed by atoms with Crippen LogP contribution < -0.4 is 10.2 Å². The van der Waals surface area contributed by atoms with Crippen LogP contribution in [0, 0.1) is 0 Å². The van der Waals surface area contributed by atoms with E-state index in [2.05, 4.69) is 17.1 Å². The highest BCUT2D eigenvalue weighted by atomic mass is 32.2. The number of carbonyl (C=O) groups is 1. The van der Waals surface area contributed by atoms with Gasteiger partial charge >= 0.3 is 0 Å². The Morgan fingerprint density at radius 2 is 1.61 bits per heavy atom. The fraction of sp³-hybridized carbons (Fsp3) is 0.458. The lowest BCUT2D eigenvalue weighted by molar-refractivity contribution is 0.0951. The standard InChI is InChI=1S/C24H31N3O3S/c1-19(20-9-3-2-4-10-20)18-25-24(28)21-11-12-22(26-13-5-6-14-26)23(17-21)31(29,30)27-15-7-8-16-27/h2-4,9-12,17,19H,5-8,13-16,18H2,1H3,(H,25,28)/t19-/m0/s1. The van der Waals surface area contributed by atoms with Gasteiger partial charge in [-0.25, -0.2) is 8.42 Å². The zero-order valence-electron chi connectivity index (χ0n) is 18.1. The minimum atomic E-state index is -3.63. The van der Waals surface area contributed by atoms with Gasteiger partial charge in [0.25, 0.3) is 5.91 Å². The molecule has 0 aliphatic carbocycles. The van der Waals surface area contributed by atoms with Crippen molar-refractivity contribution >= 4 is 21.6 Å². The molecule has 31 heavy (non-hydrogen) atoms. The lowest BCUT2D eigenvalue weighted by Gasteiger charge is -2.24. The Bertz CT molecular complexity index is 1010. The number of amides is 1. The Morgan fingerprint density at radius 3 is 2.29 bits per heavy atom. The molecule has 6 nitrogen and oxygen atoms in total. The monoisotopic (exact) mass is 441 g/mol. The van der Waals surface area contributed by atoms with E-state index in [1.54, 1.807) is 16.4 Å². The maximum absolute atomic E-state index is 13.4. The van der Waals surface area contributed by atoms with Crippen LogP contribution in [0.25, 0.3) is 0 Å². The molecule has 0 saturated carbocycles. The summed E-state index contributed by atoms with van der Waals surface area (Å²) < 4.78 is 28.4. The first-order valence-corrected chi connectivity index (χ1v) is 12.6. The number of nitrogens with zero attached hydrogens (tertiary/aromatic N) is 2. The average Bonchev–Trinajstić information content (AvgIpc) is 3.52. The molecule has 0 spiro atoms. The van der Waals surface area contributed by atoms with Gasteiger partial charge in [0, 0.05) is 38.3 Å². The molecule has 0 aromatic heterocycles. The molecular formula is C24H31N3O3S. The highest BCUT2D eigenvalue weighted by Gasteiger charge is 2.32. The van der Waals surface area contributed by atoms with Gasteiger partial charge in [0.15, 0.2) is 0 Å². The fourth-order valence-electron chi connectivity index (χ4n) is 4.40. The SMILES string of the molecule is C[C@@H](CNC(=O)c1ccc(N2CCCC2)c(S(=O)(=O)N2CCCC2)c1)c1ccccc1. The van der Waals surface area contributed by atoms with E-state index >= 15 is 0 Å². The van der Waals surface area contributed by atoms with Crippen molar-refractivity contribution in [2.75, 3.05) is 37.6 Å². The van der Waals surface area contributed by atoms with Crippen molar-refractivity contribution in [3.05, 3.63) is 59.7 Å². The second kappa shape index (κ2) is 9.40. The average molecular weight is 442 g/mol. The maximum Gasteiger partial charge on any atom is 0.251 e.